The summed E-state index contributed by atoms with van der Waals surface area (Å²) in [5.74, 6) is 0.455. The molecule has 1 amide bonds. The molecular weight excluding hydrogens is 326 g/mol. The number of nitrogens with zero attached hydrogens (tertiary/aromatic N) is 1. The summed E-state index contributed by atoms with van der Waals surface area (Å²) < 4.78 is 5.47. The van der Waals surface area contributed by atoms with Gasteiger partial charge in [-0.3, -0.25) is 0 Å². The second-order valence-corrected chi connectivity index (χ2v) is 8.71. The number of piperidine rings is 1. The van der Waals surface area contributed by atoms with Crippen LogP contribution in [0.15, 0.2) is 18.2 Å². The predicted octanol–water partition coefficient (Wildman–Crippen LogP) is 4.74. The Morgan fingerprint density at radius 3 is 2.38 bits per heavy atom. The van der Waals surface area contributed by atoms with Crippen LogP contribution in [0, 0.1) is 0 Å². The SMILES string of the molecule is CC(C)(C)OC(=O)N1CCC(c2ccc(NC3CCCC3)c(N)c2)CC1. The molecule has 3 rings (SSSR count). The zero-order valence-electron chi connectivity index (χ0n) is 16.4. The standard InChI is InChI=1S/C21H33N3O2/c1-21(2,3)26-20(25)24-12-10-15(11-13-24)16-8-9-19(18(22)14-16)23-17-6-4-5-7-17/h8-9,14-15,17,23H,4-7,10-13,22H2,1-3H3. The lowest BCUT2D eigenvalue weighted by Crippen LogP contribution is -2.41. The first kappa shape index (κ1) is 18.9. The van der Waals surface area contributed by atoms with Gasteiger partial charge in [0, 0.05) is 19.1 Å². The van der Waals surface area contributed by atoms with Crippen LogP contribution >= 0.6 is 0 Å². The maximum atomic E-state index is 12.2. The fraction of sp³-hybridized carbons (Fsp3) is 0.667. The van der Waals surface area contributed by atoms with E-state index in [-0.39, 0.29) is 6.09 Å². The van der Waals surface area contributed by atoms with Gasteiger partial charge in [-0.15, -0.1) is 0 Å². The third kappa shape index (κ3) is 4.83. The van der Waals surface area contributed by atoms with Crippen molar-refractivity contribution in [1.82, 2.24) is 4.90 Å². The fourth-order valence-electron chi connectivity index (χ4n) is 3.98. The predicted molar refractivity (Wildman–Crippen MR) is 107 cm³/mol. The number of nitrogen functional groups attached to an aromatic ring is 1. The molecule has 0 unspecified atom stereocenters. The van der Waals surface area contributed by atoms with Gasteiger partial charge >= 0.3 is 6.09 Å². The molecule has 5 nitrogen and oxygen atoms in total. The van der Waals surface area contributed by atoms with Crippen molar-refractivity contribution in [2.45, 2.75) is 76.9 Å². The van der Waals surface area contributed by atoms with Crippen molar-refractivity contribution in [2.75, 3.05) is 24.1 Å². The molecule has 0 bridgehead atoms. The summed E-state index contributed by atoms with van der Waals surface area (Å²) >= 11 is 0. The molecule has 1 saturated heterocycles. The molecule has 1 aliphatic heterocycles. The molecule has 144 valence electrons. The van der Waals surface area contributed by atoms with Crippen LogP contribution in [0.3, 0.4) is 0 Å². The van der Waals surface area contributed by atoms with Crippen LogP contribution < -0.4 is 11.1 Å². The number of hydrogen-bond donors (Lipinski definition) is 2. The highest BCUT2D eigenvalue weighted by molar-refractivity contribution is 5.69. The van der Waals surface area contributed by atoms with Gasteiger partial charge in [-0.05, 0) is 70.1 Å². The minimum atomic E-state index is -0.440. The zero-order valence-corrected chi connectivity index (χ0v) is 16.4. The van der Waals surface area contributed by atoms with Gasteiger partial charge in [-0.2, -0.15) is 0 Å². The number of nitrogens with one attached hydrogen (secondary N) is 1. The highest BCUT2D eigenvalue weighted by Gasteiger charge is 2.27. The van der Waals surface area contributed by atoms with E-state index >= 15 is 0 Å². The molecule has 3 N–H and O–H groups in total. The van der Waals surface area contributed by atoms with E-state index in [2.05, 4.69) is 23.5 Å². The van der Waals surface area contributed by atoms with E-state index in [1.54, 1.807) is 0 Å². The number of carbonyl (C=O) groups is 1. The number of rotatable bonds is 3. The molecule has 0 aromatic heterocycles. The van der Waals surface area contributed by atoms with E-state index in [9.17, 15) is 4.79 Å². The summed E-state index contributed by atoms with van der Waals surface area (Å²) in [6.07, 6.45) is 6.81. The minimum absolute atomic E-state index is 0.202. The Labute approximate surface area is 157 Å². The van der Waals surface area contributed by atoms with E-state index in [1.807, 2.05) is 25.7 Å². The number of carbonyl (C=O) groups excluding carboxylic acids is 1. The third-order valence-electron chi connectivity index (χ3n) is 5.41. The lowest BCUT2D eigenvalue weighted by atomic mass is 9.89. The van der Waals surface area contributed by atoms with Crippen molar-refractivity contribution in [3.63, 3.8) is 0 Å². The Bertz CT molecular complexity index is 625. The van der Waals surface area contributed by atoms with Gasteiger partial charge in [0.05, 0.1) is 11.4 Å². The van der Waals surface area contributed by atoms with Gasteiger partial charge in [0.15, 0.2) is 0 Å². The van der Waals surface area contributed by atoms with Crippen LogP contribution in [0.4, 0.5) is 16.2 Å². The number of hydrogen-bond acceptors (Lipinski definition) is 4. The van der Waals surface area contributed by atoms with E-state index in [0.29, 0.717) is 12.0 Å². The third-order valence-corrected chi connectivity index (χ3v) is 5.41. The first-order valence-corrected chi connectivity index (χ1v) is 9.96. The smallest absolute Gasteiger partial charge is 0.410 e. The van der Waals surface area contributed by atoms with Crippen molar-refractivity contribution < 1.29 is 9.53 Å². The number of likely N-dealkylation sites (tertiary alicyclic amines) is 1. The Balaban J connectivity index is 1.55. The van der Waals surface area contributed by atoms with Gasteiger partial charge in [0.25, 0.3) is 0 Å². The fourth-order valence-corrected chi connectivity index (χ4v) is 3.98. The van der Waals surface area contributed by atoms with Crippen LogP contribution in [-0.2, 0) is 4.74 Å². The molecule has 1 aromatic carbocycles. The molecule has 1 aliphatic carbocycles. The van der Waals surface area contributed by atoms with E-state index < -0.39 is 5.60 Å². The van der Waals surface area contributed by atoms with Crippen molar-refractivity contribution in [3.05, 3.63) is 23.8 Å². The lowest BCUT2D eigenvalue weighted by molar-refractivity contribution is 0.0205. The quantitative estimate of drug-likeness (QED) is 0.765. The summed E-state index contributed by atoms with van der Waals surface area (Å²) in [5.41, 5.74) is 9.04. The second kappa shape index (κ2) is 7.77. The Hall–Kier alpha value is -1.91. The lowest BCUT2D eigenvalue weighted by Gasteiger charge is -2.33. The topological polar surface area (TPSA) is 67.6 Å². The molecule has 26 heavy (non-hydrogen) atoms. The van der Waals surface area contributed by atoms with Crippen LogP contribution in [0.5, 0.6) is 0 Å². The van der Waals surface area contributed by atoms with Gasteiger partial charge in [0.1, 0.15) is 5.60 Å². The zero-order chi connectivity index (χ0) is 18.7. The molecule has 5 heteroatoms. The molecule has 0 atom stereocenters. The molecule has 0 spiro atoms. The molecule has 1 aromatic rings. The van der Waals surface area contributed by atoms with Gasteiger partial charge in [-0.1, -0.05) is 18.9 Å². The Morgan fingerprint density at radius 1 is 1.15 bits per heavy atom. The molecule has 1 saturated carbocycles. The molecule has 1 heterocycles. The van der Waals surface area contributed by atoms with E-state index in [1.165, 1.54) is 31.2 Å². The van der Waals surface area contributed by atoms with Crippen molar-refractivity contribution in [3.8, 4) is 0 Å². The van der Waals surface area contributed by atoms with Crippen LogP contribution in [-0.4, -0.2) is 35.7 Å². The number of benzene rings is 1. The maximum absolute atomic E-state index is 12.2. The average Bonchev–Trinajstić information content (AvgIpc) is 3.08. The Morgan fingerprint density at radius 2 is 1.81 bits per heavy atom. The van der Waals surface area contributed by atoms with E-state index in [0.717, 1.165) is 37.3 Å². The summed E-state index contributed by atoms with van der Waals surface area (Å²) in [6.45, 7) is 7.19. The molecular formula is C21H33N3O2. The number of ether oxygens (including phenoxy) is 1. The monoisotopic (exact) mass is 359 g/mol. The highest BCUT2D eigenvalue weighted by Crippen LogP contribution is 2.33. The van der Waals surface area contributed by atoms with Crippen molar-refractivity contribution in [1.29, 1.82) is 0 Å². The van der Waals surface area contributed by atoms with Crippen LogP contribution in [0.1, 0.15) is 70.8 Å². The van der Waals surface area contributed by atoms with Crippen molar-refractivity contribution >= 4 is 17.5 Å². The number of anilines is 2. The summed E-state index contributed by atoms with van der Waals surface area (Å²) in [6, 6.07) is 7.01. The normalized spacial score (nSPS) is 19.6. The maximum Gasteiger partial charge on any atom is 0.410 e. The Kier molecular flexibility index (Phi) is 5.64. The largest absolute Gasteiger partial charge is 0.444 e. The number of nitrogens with two attached hydrogens (primary N) is 1. The van der Waals surface area contributed by atoms with Gasteiger partial charge < -0.3 is 20.7 Å². The summed E-state index contributed by atoms with van der Waals surface area (Å²) in [5, 5.41) is 3.59. The van der Waals surface area contributed by atoms with Gasteiger partial charge in [-0.25, -0.2) is 4.79 Å². The molecule has 2 aliphatic rings. The van der Waals surface area contributed by atoms with E-state index in [4.69, 9.17) is 10.5 Å². The number of amides is 1. The first-order valence-electron chi connectivity index (χ1n) is 9.96. The van der Waals surface area contributed by atoms with Crippen molar-refractivity contribution in [2.24, 2.45) is 0 Å². The average molecular weight is 360 g/mol. The summed E-state index contributed by atoms with van der Waals surface area (Å²) in [4.78, 5) is 14.0. The minimum Gasteiger partial charge on any atom is -0.444 e. The van der Waals surface area contributed by atoms with Crippen LogP contribution in [0.25, 0.3) is 0 Å². The van der Waals surface area contributed by atoms with Crippen LogP contribution in [0.2, 0.25) is 0 Å². The molecule has 0 radical (unpaired) electrons. The molecule has 2 fully saturated rings. The highest BCUT2D eigenvalue weighted by atomic mass is 16.6. The second-order valence-electron chi connectivity index (χ2n) is 8.71. The first-order chi connectivity index (χ1) is 12.3. The summed E-state index contributed by atoms with van der Waals surface area (Å²) in [7, 11) is 0. The van der Waals surface area contributed by atoms with Gasteiger partial charge in [0.2, 0.25) is 0 Å².